The molecule has 0 spiro atoms. The lowest BCUT2D eigenvalue weighted by molar-refractivity contribution is 0.685. The largest absolute Gasteiger partial charge is 0.244 e. The van der Waals surface area contributed by atoms with Crippen molar-refractivity contribution >= 4 is 11.8 Å². The van der Waals surface area contributed by atoms with Crippen LogP contribution >= 0.6 is 11.8 Å². The Balaban J connectivity index is 2.10. The average Bonchev–Trinajstić information content (AvgIpc) is 2.73. The van der Waals surface area contributed by atoms with Crippen LogP contribution in [0.5, 0.6) is 0 Å². The molecule has 0 amide bonds. The Hall–Kier alpha value is -1.80. The summed E-state index contributed by atoms with van der Waals surface area (Å²) in [7, 11) is 1.88. The molecule has 5 heteroatoms. The third-order valence-corrected chi connectivity index (χ3v) is 3.58. The van der Waals surface area contributed by atoms with E-state index >= 15 is 0 Å². The Morgan fingerprint density at radius 1 is 1.47 bits per heavy atom. The standard InChI is InChI=1S/C12H12N4S/c1-9-5-10(6-13)3-4-11(9)7-17-12-14-8-15-16(12)2/h3-5,8H,7H2,1-2H3. The third-order valence-electron chi connectivity index (χ3n) is 2.50. The predicted octanol–water partition coefficient (Wildman–Crippen LogP) is 2.29. The van der Waals surface area contributed by atoms with Crippen molar-refractivity contribution in [3.63, 3.8) is 0 Å². The van der Waals surface area contributed by atoms with E-state index in [1.165, 1.54) is 5.56 Å². The van der Waals surface area contributed by atoms with Gasteiger partial charge in [-0.3, -0.25) is 0 Å². The maximum atomic E-state index is 8.79. The molecule has 17 heavy (non-hydrogen) atoms. The van der Waals surface area contributed by atoms with Gasteiger partial charge in [0.05, 0.1) is 11.6 Å². The van der Waals surface area contributed by atoms with Gasteiger partial charge in [-0.15, -0.1) is 0 Å². The Labute approximate surface area is 104 Å². The topological polar surface area (TPSA) is 54.5 Å². The Kier molecular flexibility index (Phi) is 3.45. The van der Waals surface area contributed by atoms with E-state index in [0.717, 1.165) is 16.5 Å². The lowest BCUT2D eigenvalue weighted by Gasteiger charge is -2.05. The molecule has 0 atom stereocenters. The summed E-state index contributed by atoms with van der Waals surface area (Å²) in [5, 5.41) is 13.7. The minimum Gasteiger partial charge on any atom is -0.244 e. The monoisotopic (exact) mass is 244 g/mol. The summed E-state index contributed by atoms with van der Waals surface area (Å²) in [5.74, 6) is 0.837. The molecule has 2 rings (SSSR count). The fraction of sp³-hybridized carbons (Fsp3) is 0.250. The van der Waals surface area contributed by atoms with E-state index < -0.39 is 0 Å². The van der Waals surface area contributed by atoms with Crippen LogP contribution in [0.4, 0.5) is 0 Å². The summed E-state index contributed by atoms with van der Waals surface area (Å²) in [4.78, 5) is 4.16. The van der Waals surface area contributed by atoms with Crippen LogP contribution in [-0.4, -0.2) is 14.8 Å². The molecule has 0 unspecified atom stereocenters. The zero-order chi connectivity index (χ0) is 12.3. The van der Waals surface area contributed by atoms with E-state index in [4.69, 9.17) is 5.26 Å². The molecule has 2 aromatic rings. The summed E-state index contributed by atoms with van der Waals surface area (Å²) in [6.45, 7) is 2.02. The second-order valence-electron chi connectivity index (χ2n) is 3.71. The van der Waals surface area contributed by atoms with Crippen molar-refractivity contribution in [2.75, 3.05) is 0 Å². The second-order valence-corrected chi connectivity index (χ2v) is 4.65. The van der Waals surface area contributed by atoms with Crippen molar-refractivity contribution in [1.82, 2.24) is 14.8 Å². The molecular formula is C12H12N4S. The molecule has 0 saturated carbocycles. The van der Waals surface area contributed by atoms with Crippen molar-refractivity contribution in [1.29, 1.82) is 5.26 Å². The van der Waals surface area contributed by atoms with E-state index in [-0.39, 0.29) is 0 Å². The van der Waals surface area contributed by atoms with Crippen molar-refractivity contribution < 1.29 is 0 Å². The van der Waals surface area contributed by atoms with E-state index in [0.29, 0.717) is 5.56 Å². The van der Waals surface area contributed by atoms with Crippen LogP contribution in [0, 0.1) is 18.3 Å². The summed E-state index contributed by atoms with van der Waals surface area (Å²) in [6, 6.07) is 7.89. The van der Waals surface area contributed by atoms with E-state index in [9.17, 15) is 0 Å². The molecule has 0 N–H and O–H groups in total. The van der Waals surface area contributed by atoms with E-state index in [2.05, 4.69) is 16.2 Å². The Morgan fingerprint density at radius 2 is 2.29 bits per heavy atom. The van der Waals surface area contributed by atoms with Gasteiger partial charge in [0.15, 0.2) is 5.16 Å². The third kappa shape index (κ3) is 2.66. The summed E-state index contributed by atoms with van der Waals surface area (Å²) in [5.41, 5.74) is 3.06. The molecule has 4 nitrogen and oxygen atoms in total. The maximum absolute atomic E-state index is 8.79. The molecule has 1 aromatic heterocycles. The number of nitrogens with zero attached hydrogens (tertiary/aromatic N) is 4. The highest BCUT2D eigenvalue weighted by molar-refractivity contribution is 7.98. The van der Waals surface area contributed by atoms with Gasteiger partial charge in [-0.2, -0.15) is 10.4 Å². The Morgan fingerprint density at radius 3 is 2.88 bits per heavy atom. The SMILES string of the molecule is Cc1cc(C#N)ccc1CSc1ncnn1C. The normalized spacial score (nSPS) is 10.2. The number of rotatable bonds is 3. The number of hydrogen-bond acceptors (Lipinski definition) is 4. The highest BCUT2D eigenvalue weighted by Crippen LogP contribution is 2.22. The van der Waals surface area contributed by atoms with Crippen molar-refractivity contribution in [3.8, 4) is 6.07 Å². The van der Waals surface area contributed by atoms with E-state index in [1.807, 2.05) is 32.2 Å². The number of nitriles is 1. The van der Waals surface area contributed by atoms with Crippen molar-refractivity contribution in [2.45, 2.75) is 17.8 Å². The minimum absolute atomic E-state index is 0.704. The van der Waals surface area contributed by atoms with Gasteiger partial charge in [0.25, 0.3) is 0 Å². The lowest BCUT2D eigenvalue weighted by Crippen LogP contribution is -1.94. The molecule has 0 aliphatic rings. The predicted molar refractivity (Wildman–Crippen MR) is 66.5 cm³/mol. The molecule has 1 aromatic carbocycles. The zero-order valence-electron chi connectivity index (χ0n) is 9.71. The minimum atomic E-state index is 0.704. The summed E-state index contributed by atoms with van der Waals surface area (Å²) >= 11 is 1.64. The first-order valence-electron chi connectivity index (χ1n) is 5.17. The first kappa shape index (κ1) is 11.7. The van der Waals surface area contributed by atoms with Gasteiger partial charge < -0.3 is 0 Å². The average molecular weight is 244 g/mol. The number of aryl methyl sites for hydroxylation is 2. The highest BCUT2D eigenvalue weighted by atomic mass is 32.2. The molecular weight excluding hydrogens is 232 g/mol. The lowest BCUT2D eigenvalue weighted by atomic mass is 10.1. The number of thioether (sulfide) groups is 1. The van der Waals surface area contributed by atoms with Crippen molar-refractivity contribution in [2.24, 2.45) is 7.05 Å². The van der Waals surface area contributed by atoms with Gasteiger partial charge in [-0.25, -0.2) is 9.67 Å². The van der Waals surface area contributed by atoms with Gasteiger partial charge in [0, 0.05) is 12.8 Å². The highest BCUT2D eigenvalue weighted by Gasteiger charge is 2.04. The first-order chi connectivity index (χ1) is 8.20. The maximum Gasteiger partial charge on any atom is 0.186 e. The van der Waals surface area contributed by atoms with Crippen molar-refractivity contribution in [3.05, 3.63) is 41.2 Å². The fourth-order valence-electron chi connectivity index (χ4n) is 1.49. The van der Waals surface area contributed by atoms with Gasteiger partial charge in [-0.1, -0.05) is 17.8 Å². The van der Waals surface area contributed by atoms with Gasteiger partial charge >= 0.3 is 0 Å². The van der Waals surface area contributed by atoms with E-state index in [1.54, 1.807) is 22.8 Å². The van der Waals surface area contributed by atoms with Crippen LogP contribution in [-0.2, 0) is 12.8 Å². The van der Waals surface area contributed by atoms with Crippen LogP contribution < -0.4 is 0 Å². The molecule has 86 valence electrons. The second kappa shape index (κ2) is 5.02. The number of aromatic nitrogens is 3. The number of hydrogen-bond donors (Lipinski definition) is 0. The Bertz CT molecular complexity index is 568. The molecule has 0 aliphatic heterocycles. The van der Waals surface area contributed by atoms with Crippen LogP contribution in [0.15, 0.2) is 29.7 Å². The summed E-state index contributed by atoms with van der Waals surface area (Å²) in [6.07, 6.45) is 1.55. The molecule has 0 radical (unpaired) electrons. The fourth-order valence-corrected chi connectivity index (χ4v) is 2.45. The van der Waals surface area contributed by atoms with Gasteiger partial charge in [0.1, 0.15) is 6.33 Å². The van der Waals surface area contributed by atoms with Crippen LogP contribution in [0.3, 0.4) is 0 Å². The molecule has 0 aliphatic carbocycles. The smallest absolute Gasteiger partial charge is 0.186 e. The molecule has 1 heterocycles. The summed E-state index contributed by atoms with van der Waals surface area (Å²) < 4.78 is 1.75. The van der Waals surface area contributed by atoms with Crippen LogP contribution in [0.1, 0.15) is 16.7 Å². The zero-order valence-corrected chi connectivity index (χ0v) is 10.5. The number of benzene rings is 1. The van der Waals surface area contributed by atoms with Crippen LogP contribution in [0.25, 0.3) is 0 Å². The van der Waals surface area contributed by atoms with Crippen LogP contribution in [0.2, 0.25) is 0 Å². The molecule has 0 saturated heterocycles. The molecule has 0 fully saturated rings. The quantitative estimate of drug-likeness (QED) is 0.777. The van der Waals surface area contributed by atoms with Gasteiger partial charge in [0.2, 0.25) is 0 Å². The first-order valence-corrected chi connectivity index (χ1v) is 6.15. The molecule has 0 bridgehead atoms. The van der Waals surface area contributed by atoms with Gasteiger partial charge in [-0.05, 0) is 30.2 Å².